The van der Waals surface area contributed by atoms with Crippen LogP contribution in [0.3, 0.4) is 0 Å². The monoisotopic (exact) mass is 373 g/mol. The standard InChI is InChI=1S/C17H21Cl2NO4/c1-17(2,3)24-16(22)20-8-11(12(9-20)15(21)23-4)10-5-6-13(18)14(19)7-10/h5-7,11-12H,8-9H2,1-4H3. The van der Waals surface area contributed by atoms with Crippen molar-refractivity contribution in [3.8, 4) is 0 Å². The minimum atomic E-state index is -0.598. The summed E-state index contributed by atoms with van der Waals surface area (Å²) in [5, 5.41) is 0.852. The van der Waals surface area contributed by atoms with Gasteiger partial charge in [0.2, 0.25) is 0 Å². The summed E-state index contributed by atoms with van der Waals surface area (Å²) in [6.45, 7) is 6.00. The molecule has 0 N–H and O–H groups in total. The Morgan fingerprint density at radius 1 is 1.17 bits per heavy atom. The van der Waals surface area contributed by atoms with E-state index >= 15 is 0 Å². The second-order valence-corrected chi connectivity index (χ2v) is 7.61. The van der Waals surface area contributed by atoms with E-state index in [0.29, 0.717) is 16.6 Å². The quantitative estimate of drug-likeness (QED) is 0.731. The number of benzene rings is 1. The number of likely N-dealkylation sites (tertiary alicyclic amines) is 1. The number of halogens is 2. The van der Waals surface area contributed by atoms with Crippen LogP contribution in [-0.2, 0) is 14.3 Å². The number of ether oxygens (including phenoxy) is 2. The highest BCUT2D eigenvalue weighted by Crippen LogP contribution is 2.36. The predicted molar refractivity (Wildman–Crippen MR) is 92.5 cm³/mol. The molecule has 1 aromatic carbocycles. The summed E-state index contributed by atoms with van der Waals surface area (Å²) in [6, 6.07) is 5.22. The van der Waals surface area contributed by atoms with Crippen molar-refractivity contribution in [1.29, 1.82) is 0 Å². The summed E-state index contributed by atoms with van der Waals surface area (Å²) in [7, 11) is 1.34. The average molecular weight is 374 g/mol. The van der Waals surface area contributed by atoms with Crippen molar-refractivity contribution in [2.75, 3.05) is 20.2 Å². The number of carbonyl (C=O) groups excluding carboxylic acids is 2. The van der Waals surface area contributed by atoms with Gasteiger partial charge in [-0.2, -0.15) is 0 Å². The van der Waals surface area contributed by atoms with Crippen molar-refractivity contribution < 1.29 is 19.1 Å². The van der Waals surface area contributed by atoms with Gasteiger partial charge in [0, 0.05) is 19.0 Å². The smallest absolute Gasteiger partial charge is 0.410 e. The fourth-order valence-corrected chi connectivity index (χ4v) is 3.06. The van der Waals surface area contributed by atoms with Gasteiger partial charge < -0.3 is 14.4 Å². The summed E-state index contributed by atoms with van der Waals surface area (Å²) in [5.41, 5.74) is 0.241. The van der Waals surface area contributed by atoms with Crippen LogP contribution in [0.2, 0.25) is 10.0 Å². The van der Waals surface area contributed by atoms with Crippen molar-refractivity contribution in [3.63, 3.8) is 0 Å². The highest BCUT2D eigenvalue weighted by Gasteiger charge is 2.42. The van der Waals surface area contributed by atoms with Crippen LogP contribution in [0, 0.1) is 5.92 Å². The minimum absolute atomic E-state index is 0.222. The van der Waals surface area contributed by atoms with Gasteiger partial charge in [-0.15, -0.1) is 0 Å². The molecular weight excluding hydrogens is 353 g/mol. The van der Waals surface area contributed by atoms with Gasteiger partial charge in [-0.05, 0) is 38.5 Å². The molecule has 1 amide bonds. The predicted octanol–water partition coefficient (Wildman–Crippen LogP) is 4.12. The van der Waals surface area contributed by atoms with Crippen LogP contribution in [0.4, 0.5) is 4.79 Å². The largest absolute Gasteiger partial charge is 0.469 e. The molecule has 0 aromatic heterocycles. The van der Waals surface area contributed by atoms with Gasteiger partial charge in [-0.25, -0.2) is 4.79 Å². The van der Waals surface area contributed by atoms with E-state index in [1.165, 1.54) is 12.0 Å². The first-order valence-corrected chi connectivity index (χ1v) is 8.38. The third-order valence-corrected chi connectivity index (χ3v) is 4.59. The molecule has 0 bridgehead atoms. The Labute approximate surface area is 151 Å². The fraction of sp³-hybridized carbons (Fsp3) is 0.529. The lowest BCUT2D eigenvalue weighted by atomic mass is 9.89. The van der Waals surface area contributed by atoms with E-state index in [2.05, 4.69) is 0 Å². The van der Waals surface area contributed by atoms with Crippen LogP contribution in [0.15, 0.2) is 18.2 Å². The molecule has 1 aliphatic rings. The number of hydrogen-bond donors (Lipinski definition) is 0. The Bertz CT molecular complexity index is 642. The van der Waals surface area contributed by atoms with Gasteiger partial charge in [0.05, 0.1) is 23.1 Å². The molecule has 7 heteroatoms. The molecule has 0 spiro atoms. The van der Waals surface area contributed by atoms with E-state index in [4.69, 9.17) is 32.7 Å². The molecule has 1 aliphatic heterocycles. The zero-order valence-electron chi connectivity index (χ0n) is 14.1. The SMILES string of the molecule is COC(=O)C1CN(C(=O)OC(C)(C)C)CC1c1ccc(Cl)c(Cl)c1. The number of methoxy groups -OCH3 is 1. The van der Waals surface area contributed by atoms with E-state index in [1.807, 2.05) is 6.07 Å². The maximum Gasteiger partial charge on any atom is 0.410 e. The van der Waals surface area contributed by atoms with Crippen molar-refractivity contribution in [2.24, 2.45) is 5.92 Å². The van der Waals surface area contributed by atoms with Crippen molar-refractivity contribution in [1.82, 2.24) is 4.90 Å². The van der Waals surface area contributed by atoms with E-state index in [1.54, 1.807) is 32.9 Å². The molecular formula is C17H21Cl2NO4. The molecule has 0 saturated carbocycles. The summed E-state index contributed by atoms with van der Waals surface area (Å²) in [6.07, 6.45) is -0.445. The number of hydrogen-bond acceptors (Lipinski definition) is 4. The van der Waals surface area contributed by atoms with Gasteiger partial charge in [-0.3, -0.25) is 4.79 Å². The Kier molecular flexibility index (Phi) is 5.66. The van der Waals surface area contributed by atoms with Crippen LogP contribution in [0.5, 0.6) is 0 Å². The average Bonchev–Trinajstić information content (AvgIpc) is 2.93. The van der Waals surface area contributed by atoms with Gasteiger partial charge in [0.25, 0.3) is 0 Å². The molecule has 0 aliphatic carbocycles. The van der Waals surface area contributed by atoms with Gasteiger partial charge in [0.1, 0.15) is 5.60 Å². The maximum atomic E-state index is 12.3. The maximum absolute atomic E-state index is 12.3. The lowest BCUT2D eigenvalue weighted by Crippen LogP contribution is -2.36. The molecule has 2 unspecified atom stereocenters. The van der Waals surface area contributed by atoms with Gasteiger partial charge in [0.15, 0.2) is 0 Å². The van der Waals surface area contributed by atoms with Crippen LogP contribution >= 0.6 is 23.2 Å². The molecule has 1 heterocycles. The highest BCUT2D eigenvalue weighted by atomic mass is 35.5. The third kappa shape index (κ3) is 4.33. The zero-order chi connectivity index (χ0) is 18.1. The molecule has 0 radical (unpaired) electrons. The fourth-order valence-electron chi connectivity index (χ4n) is 2.75. The molecule has 24 heavy (non-hydrogen) atoms. The molecule has 1 aromatic rings. The number of amides is 1. The third-order valence-electron chi connectivity index (χ3n) is 3.85. The van der Waals surface area contributed by atoms with Gasteiger partial charge in [-0.1, -0.05) is 29.3 Å². The van der Waals surface area contributed by atoms with Crippen LogP contribution in [-0.4, -0.2) is 42.8 Å². The van der Waals surface area contributed by atoms with Gasteiger partial charge >= 0.3 is 12.1 Å². The number of rotatable bonds is 2. The lowest BCUT2D eigenvalue weighted by molar-refractivity contribution is -0.145. The number of carbonyl (C=O) groups is 2. The first-order valence-electron chi connectivity index (χ1n) is 7.63. The van der Waals surface area contributed by atoms with Crippen LogP contribution in [0.1, 0.15) is 32.3 Å². The molecule has 1 saturated heterocycles. The second-order valence-electron chi connectivity index (χ2n) is 6.80. The van der Waals surface area contributed by atoms with Crippen LogP contribution in [0.25, 0.3) is 0 Å². The van der Waals surface area contributed by atoms with E-state index < -0.39 is 17.6 Å². The Morgan fingerprint density at radius 3 is 2.38 bits per heavy atom. The summed E-state index contributed by atoms with van der Waals surface area (Å²) in [5.74, 6) is -1.06. The number of nitrogens with zero attached hydrogens (tertiary/aromatic N) is 1. The number of esters is 1. The first kappa shape index (κ1) is 18.9. The highest BCUT2D eigenvalue weighted by molar-refractivity contribution is 6.42. The second kappa shape index (κ2) is 7.19. The molecule has 5 nitrogen and oxygen atoms in total. The van der Waals surface area contributed by atoms with Crippen molar-refractivity contribution in [2.45, 2.75) is 32.3 Å². The Hall–Kier alpha value is -1.46. The summed E-state index contributed by atoms with van der Waals surface area (Å²) < 4.78 is 10.3. The summed E-state index contributed by atoms with van der Waals surface area (Å²) >= 11 is 12.0. The Balaban J connectivity index is 2.26. The summed E-state index contributed by atoms with van der Waals surface area (Å²) in [4.78, 5) is 26.0. The first-order chi connectivity index (χ1) is 11.1. The Morgan fingerprint density at radius 2 is 1.83 bits per heavy atom. The normalized spacial score (nSPS) is 20.8. The molecule has 2 atom stereocenters. The van der Waals surface area contributed by atoms with Crippen molar-refractivity contribution in [3.05, 3.63) is 33.8 Å². The van der Waals surface area contributed by atoms with E-state index in [-0.39, 0.29) is 18.4 Å². The topological polar surface area (TPSA) is 55.8 Å². The minimum Gasteiger partial charge on any atom is -0.469 e. The molecule has 1 fully saturated rings. The lowest BCUT2D eigenvalue weighted by Gasteiger charge is -2.24. The molecule has 132 valence electrons. The van der Waals surface area contributed by atoms with E-state index in [9.17, 15) is 9.59 Å². The molecule has 2 rings (SSSR count). The van der Waals surface area contributed by atoms with Crippen molar-refractivity contribution >= 4 is 35.3 Å². The van der Waals surface area contributed by atoms with E-state index in [0.717, 1.165) is 5.56 Å². The van der Waals surface area contributed by atoms with Crippen LogP contribution < -0.4 is 0 Å². The zero-order valence-corrected chi connectivity index (χ0v) is 15.6.